The van der Waals surface area contributed by atoms with Crippen LogP contribution in [0.25, 0.3) is 0 Å². The minimum atomic E-state index is 0.0388. The second-order valence-electron chi connectivity index (χ2n) is 4.51. The van der Waals surface area contributed by atoms with Crippen molar-refractivity contribution >= 4 is 23.2 Å². The largest absolute Gasteiger partial charge is 0.325 e. The molecule has 1 unspecified atom stereocenters. The van der Waals surface area contributed by atoms with Crippen molar-refractivity contribution in [2.24, 2.45) is 0 Å². The van der Waals surface area contributed by atoms with E-state index in [9.17, 15) is 4.79 Å². The Morgan fingerprint density at radius 2 is 2.29 bits per heavy atom. The van der Waals surface area contributed by atoms with Gasteiger partial charge in [0.2, 0.25) is 5.91 Å². The zero-order chi connectivity index (χ0) is 12.3. The molecule has 2 rings (SSSR count). The second kappa shape index (κ2) is 5.52. The molecule has 92 valence electrons. The number of hydrogen-bond donors (Lipinski definition) is 1. The highest BCUT2D eigenvalue weighted by Gasteiger charge is 2.23. The zero-order valence-electron chi connectivity index (χ0n) is 9.95. The maximum atomic E-state index is 11.9. The molecule has 1 aromatic carbocycles. The normalized spacial score (nSPS) is 20.5. The Bertz CT molecular complexity index is 408. The standard InChI is InChI=1S/C13H17ClN2O/c1-16-8-4-5-10(16)9-13(17)15-12-7-3-2-6-11(12)14/h2-3,6-7,10H,4-5,8-9H2,1H3,(H,15,17). The molecule has 0 radical (unpaired) electrons. The van der Waals surface area contributed by atoms with Crippen LogP contribution in [0.5, 0.6) is 0 Å². The first-order chi connectivity index (χ1) is 8.16. The molecule has 0 bridgehead atoms. The van der Waals surface area contributed by atoms with Gasteiger partial charge in [0.15, 0.2) is 0 Å². The maximum Gasteiger partial charge on any atom is 0.225 e. The smallest absolute Gasteiger partial charge is 0.225 e. The van der Waals surface area contributed by atoms with Crippen LogP contribution in [0.15, 0.2) is 24.3 Å². The third-order valence-electron chi connectivity index (χ3n) is 3.24. The molecule has 1 aliphatic heterocycles. The molecular weight excluding hydrogens is 236 g/mol. The second-order valence-corrected chi connectivity index (χ2v) is 4.92. The molecule has 1 atom stereocenters. The molecule has 1 aliphatic rings. The summed E-state index contributed by atoms with van der Waals surface area (Å²) in [5.41, 5.74) is 0.694. The van der Waals surface area contributed by atoms with E-state index in [2.05, 4.69) is 17.3 Å². The van der Waals surface area contributed by atoms with Crippen molar-refractivity contribution in [1.82, 2.24) is 4.90 Å². The lowest BCUT2D eigenvalue weighted by atomic mass is 10.1. The summed E-state index contributed by atoms with van der Waals surface area (Å²) in [6.07, 6.45) is 2.83. The number of carbonyl (C=O) groups is 1. The third-order valence-corrected chi connectivity index (χ3v) is 3.57. The Labute approximate surface area is 107 Å². The number of nitrogens with zero attached hydrogens (tertiary/aromatic N) is 1. The number of anilines is 1. The highest BCUT2D eigenvalue weighted by molar-refractivity contribution is 6.33. The molecule has 1 aromatic rings. The van der Waals surface area contributed by atoms with Gasteiger partial charge in [-0.25, -0.2) is 0 Å². The van der Waals surface area contributed by atoms with Gasteiger partial charge in [-0.3, -0.25) is 4.79 Å². The van der Waals surface area contributed by atoms with Gasteiger partial charge < -0.3 is 10.2 Å². The van der Waals surface area contributed by atoms with Gasteiger partial charge in [-0.1, -0.05) is 23.7 Å². The Kier molecular flexibility index (Phi) is 4.02. The summed E-state index contributed by atoms with van der Waals surface area (Å²) >= 11 is 5.99. The van der Waals surface area contributed by atoms with Gasteiger partial charge in [-0.2, -0.15) is 0 Å². The van der Waals surface area contributed by atoms with Crippen molar-refractivity contribution in [3.63, 3.8) is 0 Å². The number of hydrogen-bond acceptors (Lipinski definition) is 2. The van der Waals surface area contributed by atoms with Crippen LogP contribution in [0.4, 0.5) is 5.69 Å². The molecule has 1 N–H and O–H groups in total. The van der Waals surface area contributed by atoms with Crippen molar-refractivity contribution in [3.05, 3.63) is 29.3 Å². The fraction of sp³-hybridized carbons (Fsp3) is 0.462. The highest BCUT2D eigenvalue weighted by atomic mass is 35.5. The topological polar surface area (TPSA) is 32.3 Å². The van der Waals surface area contributed by atoms with Crippen LogP contribution in [0.2, 0.25) is 5.02 Å². The van der Waals surface area contributed by atoms with Gasteiger partial charge in [-0.05, 0) is 38.6 Å². The predicted octanol–water partition coefficient (Wildman–Crippen LogP) is 2.76. The van der Waals surface area contributed by atoms with E-state index in [0.717, 1.165) is 13.0 Å². The van der Waals surface area contributed by atoms with Gasteiger partial charge in [0.05, 0.1) is 10.7 Å². The Morgan fingerprint density at radius 3 is 2.94 bits per heavy atom. The summed E-state index contributed by atoms with van der Waals surface area (Å²) in [4.78, 5) is 14.1. The zero-order valence-corrected chi connectivity index (χ0v) is 10.7. The molecule has 1 fully saturated rings. The number of nitrogens with one attached hydrogen (secondary N) is 1. The van der Waals surface area contributed by atoms with Crippen LogP contribution in [-0.4, -0.2) is 30.4 Å². The molecule has 4 heteroatoms. The van der Waals surface area contributed by atoms with Gasteiger partial charge in [0.25, 0.3) is 0 Å². The van der Waals surface area contributed by atoms with Crippen LogP contribution in [-0.2, 0) is 4.79 Å². The number of rotatable bonds is 3. The van der Waals surface area contributed by atoms with Crippen molar-refractivity contribution in [3.8, 4) is 0 Å². The number of para-hydroxylation sites is 1. The average molecular weight is 253 g/mol. The lowest BCUT2D eigenvalue weighted by molar-refractivity contribution is -0.117. The van der Waals surface area contributed by atoms with E-state index in [1.807, 2.05) is 18.2 Å². The maximum absolute atomic E-state index is 11.9. The summed E-state index contributed by atoms with van der Waals surface area (Å²) in [6, 6.07) is 7.68. The SMILES string of the molecule is CN1CCCC1CC(=O)Nc1ccccc1Cl. The van der Waals surface area contributed by atoms with E-state index in [4.69, 9.17) is 11.6 Å². The number of amides is 1. The molecule has 3 nitrogen and oxygen atoms in total. The lowest BCUT2D eigenvalue weighted by Gasteiger charge is -2.18. The first kappa shape index (κ1) is 12.4. The molecule has 0 saturated carbocycles. The van der Waals surface area contributed by atoms with Crippen molar-refractivity contribution in [1.29, 1.82) is 0 Å². The molecule has 17 heavy (non-hydrogen) atoms. The number of likely N-dealkylation sites (tertiary alicyclic amines) is 1. The molecule has 0 aliphatic carbocycles. The quantitative estimate of drug-likeness (QED) is 0.897. The number of carbonyl (C=O) groups excluding carboxylic acids is 1. The molecule has 1 heterocycles. The van der Waals surface area contributed by atoms with E-state index in [-0.39, 0.29) is 5.91 Å². The Hall–Kier alpha value is -1.06. The summed E-state index contributed by atoms with van der Waals surface area (Å²) < 4.78 is 0. The van der Waals surface area contributed by atoms with E-state index in [1.165, 1.54) is 6.42 Å². The van der Waals surface area contributed by atoms with E-state index < -0.39 is 0 Å². The monoisotopic (exact) mass is 252 g/mol. The van der Waals surface area contributed by atoms with Crippen LogP contribution in [0.1, 0.15) is 19.3 Å². The lowest BCUT2D eigenvalue weighted by Crippen LogP contribution is -2.29. The predicted molar refractivity (Wildman–Crippen MR) is 70.4 cm³/mol. The Morgan fingerprint density at radius 1 is 1.53 bits per heavy atom. The fourth-order valence-corrected chi connectivity index (χ4v) is 2.40. The summed E-state index contributed by atoms with van der Waals surface area (Å²) in [6.45, 7) is 1.09. The summed E-state index contributed by atoms with van der Waals surface area (Å²) in [5.74, 6) is 0.0388. The first-order valence-corrected chi connectivity index (χ1v) is 6.29. The number of halogens is 1. The van der Waals surface area contributed by atoms with Crippen LogP contribution >= 0.6 is 11.6 Å². The summed E-state index contributed by atoms with van der Waals surface area (Å²) in [5, 5.41) is 3.44. The molecular formula is C13H17ClN2O. The van der Waals surface area contributed by atoms with Gasteiger partial charge in [0, 0.05) is 12.5 Å². The Balaban J connectivity index is 1.91. The van der Waals surface area contributed by atoms with Crippen LogP contribution in [0.3, 0.4) is 0 Å². The third kappa shape index (κ3) is 3.20. The van der Waals surface area contributed by atoms with Crippen LogP contribution < -0.4 is 5.32 Å². The van der Waals surface area contributed by atoms with Crippen molar-refractivity contribution < 1.29 is 4.79 Å². The first-order valence-electron chi connectivity index (χ1n) is 5.91. The van der Waals surface area contributed by atoms with Gasteiger partial charge >= 0.3 is 0 Å². The van der Waals surface area contributed by atoms with Crippen LogP contribution in [0, 0.1) is 0 Å². The van der Waals surface area contributed by atoms with Crippen molar-refractivity contribution in [2.45, 2.75) is 25.3 Å². The fourth-order valence-electron chi connectivity index (χ4n) is 2.21. The van der Waals surface area contributed by atoms with Crippen molar-refractivity contribution in [2.75, 3.05) is 18.9 Å². The van der Waals surface area contributed by atoms with E-state index in [1.54, 1.807) is 6.07 Å². The molecule has 0 spiro atoms. The van der Waals surface area contributed by atoms with Gasteiger partial charge in [0.1, 0.15) is 0 Å². The minimum Gasteiger partial charge on any atom is -0.325 e. The van der Waals surface area contributed by atoms with E-state index >= 15 is 0 Å². The summed E-state index contributed by atoms with van der Waals surface area (Å²) in [7, 11) is 2.07. The highest BCUT2D eigenvalue weighted by Crippen LogP contribution is 2.22. The molecule has 1 saturated heterocycles. The minimum absolute atomic E-state index is 0.0388. The average Bonchev–Trinajstić information content (AvgIpc) is 2.68. The molecule has 1 amide bonds. The molecule has 0 aromatic heterocycles. The number of benzene rings is 1. The van der Waals surface area contributed by atoms with Gasteiger partial charge in [-0.15, -0.1) is 0 Å². The van der Waals surface area contributed by atoms with E-state index in [0.29, 0.717) is 23.2 Å².